The molecule has 0 spiro atoms. The minimum Gasteiger partial charge on any atom is -0.487 e. The van der Waals surface area contributed by atoms with Gasteiger partial charge < -0.3 is 15.2 Å². The lowest BCUT2D eigenvalue weighted by molar-refractivity contribution is 0.0901. The molecule has 0 radical (unpaired) electrons. The van der Waals surface area contributed by atoms with Crippen molar-refractivity contribution in [1.82, 2.24) is 4.72 Å². The van der Waals surface area contributed by atoms with E-state index in [9.17, 15) is 8.42 Å². The summed E-state index contributed by atoms with van der Waals surface area (Å²) < 4.78 is 39.4. The maximum Gasteiger partial charge on any atom is 0.244 e. The largest absolute Gasteiger partial charge is 0.487 e. The van der Waals surface area contributed by atoms with Crippen LogP contribution in [0.25, 0.3) is 0 Å². The van der Waals surface area contributed by atoms with Gasteiger partial charge in [0.05, 0.1) is 6.61 Å². The first-order chi connectivity index (χ1) is 11.3. The summed E-state index contributed by atoms with van der Waals surface area (Å²) in [4.78, 5) is 0.0256. The third kappa shape index (κ3) is 4.61. The number of ether oxygens (including phenoxy) is 2. The summed E-state index contributed by atoms with van der Waals surface area (Å²) in [5, 5.41) is 0.329. The smallest absolute Gasteiger partial charge is 0.244 e. The molecule has 1 fully saturated rings. The number of nitrogens with two attached hydrogens (primary N) is 1. The van der Waals surface area contributed by atoms with Crippen molar-refractivity contribution in [2.75, 3.05) is 20.3 Å². The molecule has 1 aromatic rings. The molecule has 2 rings (SSSR count). The average molecular weight is 377 g/mol. The topological polar surface area (TPSA) is 90.6 Å². The number of nitrogens with one attached hydrogen (secondary N) is 1. The quantitative estimate of drug-likeness (QED) is 0.726. The zero-order valence-corrected chi connectivity index (χ0v) is 15.6. The van der Waals surface area contributed by atoms with Crippen molar-refractivity contribution < 1.29 is 17.9 Å². The average Bonchev–Trinajstić information content (AvgIpc) is 2.97. The van der Waals surface area contributed by atoms with E-state index in [2.05, 4.69) is 4.72 Å². The van der Waals surface area contributed by atoms with Crippen LogP contribution in [-0.4, -0.2) is 40.3 Å². The molecule has 1 aromatic carbocycles. The lowest BCUT2D eigenvalue weighted by atomic mass is 10.0. The SMILES string of the molecule is COCC(C)Oc1ccc(Cl)cc1S(=O)(=O)NC1(CN)CCCC1. The summed E-state index contributed by atoms with van der Waals surface area (Å²) in [6, 6.07) is 4.56. The summed E-state index contributed by atoms with van der Waals surface area (Å²) in [5.74, 6) is 0.251. The lowest BCUT2D eigenvalue weighted by Crippen LogP contribution is -2.51. The highest BCUT2D eigenvalue weighted by atomic mass is 35.5. The third-order valence-electron chi connectivity index (χ3n) is 4.23. The van der Waals surface area contributed by atoms with Gasteiger partial charge >= 0.3 is 0 Å². The van der Waals surface area contributed by atoms with Gasteiger partial charge in [0.2, 0.25) is 10.0 Å². The normalized spacial score (nSPS) is 18.5. The molecule has 8 heteroatoms. The molecular weight excluding hydrogens is 352 g/mol. The highest BCUT2D eigenvalue weighted by Gasteiger charge is 2.37. The van der Waals surface area contributed by atoms with Gasteiger partial charge in [0, 0.05) is 24.2 Å². The van der Waals surface area contributed by atoms with E-state index in [4.69, 9.17) is 26.8 Å². The Morgan fingerprint density at radius 1 is 1.38 bits per heavy atom. The van der Waals surface area contributed by atoms with Gasteiger partial charge in [-0.2, -0.15) is 0 Å². The van der Waals surface area contributed by atoms with E-state index in [1.165, 1.54) is 6.07 Å². The summed E-state index contributed by atoms with van der Waals surface area (Å²) in [6.45, 7) is 2.42. The molecule has 0 saturated heterocycles. The molecule has 1 aliphatic carbocycles. The molecule has 1 unspecified atom stereocenters. The van der Waals surface area contributed by atoms with Crippen molar-refractivity contribution in [3.8, 4) is 5.75 Å². The molecule has 24 heavy (non-hydrogen) atoms. The number of methoxy groups -OCH3 is 1. The fraction of sp³-hybridized carbons (Fsp3) is 0.625. The molecular formula is C16H25ClN2O4S. The molecule has 1 saturated carbocycles. The second-order valence-electron chi connectivity index (χ2n) is 6.27. The van der Waals surface area contributed by atoms with Crippen molar-refractivity contribution in [3.05, 3.63) is 23.2 Å². The van der Waals surface area contributed by atoms with E-state index in [1.807, 2.05) is 0 Å². The first-order valence-corrected chi connectivity index (χ1v) is 9.87. The second kappa shape index (κ2) is 8.01. The highest BCUT2D eigenvalue weighted by molar-refractivity contribution is 7.89. The molecule has 0 amide bonds. The lowest BCUT2D eigenvalue weighted by Gasteiger charge is -2.29. The monoisotopic (exact) mass is 376 g/mol. The first kappa shape index (κ1) is 19.5. The van der Waals surface area contributed by atoms with Gasteiger partial charge in [0.1, 0.15) is 16.7 Å². The maximum atomic E-state index is 12.9. The van der Waals surface area contributed by atoms with Crippen LogP contribution in [0.4, 0.5) is 0 Å². The Bertz CT molecular complexity index is 660. The first-order valence-electron chi connectivity index (χ1n) is 8.01. The van der Waals surface area contributed by atoms with E-state index >= 15 is 0 Å². The predicted octanol–water partition coefficient (Wildman–Crippen LogP) is 2.30. The molecule has 6 nitrogen and oxygen atoms in total. The van der Waals surface area contributed by atoms with Crippen LogP contribution in [0.15, 0.2) is 23.1 Å². The van der Waals surface area contributed by atoms with Gasteiger partial charge in [-0.25, -0.2) is 13.1 Å². The number of benzene rings is 1. The molecule has 136 valence electrons. The molecule has 0 heterocycles. The molecule has 0 aromatic heterocycles. The van der Waals surface area contributed by atoms with Gasteiger partial charge in [-0.1, -0.05) is 24.4 Å². The predicted molar refractivity (Wildman–Crippen MR) is 94.0 cm³/mol. The third-order valence-corrected chi connectivity index (χ3v) is 6.06. The van der Waals surface area contributed by atoms with Crippen LogP contribution in [0.3, 0.4) is 0 Å². The van der Waals surface area contributed by atoms with Gasteiger partial charge in [-0.05, 0) is 38.0 Å². The number of hydrogen-bond donors (Lipinski definition) is 2. The number of hydrogen-bond acceptors (Lipinski definition) is 5. The molecule has 1 atom stereocenters. The Hall–Kier alpha value is -0.860. The fourth-order valence-electron chi connectivity index (χ4n) is 3.01. The molecule has 1 aliphatic rings. The maximum absolute atomic E-state index is 12.9. The van der Waals surface area contributed by atoms with E-state index in [0.717, 1.165) is 25.7 Å². The zero-order valence-electron chi connectivity index (χ0n) is 14.0. The molecule has 0 aliphatic heterocycles. The number of halogens is 1. The minimum atomic E-state index is -3.81. The Morgan fingerprint density at radius 2 is 2.04 bits per heavy atom. The zero-order chi connectivity index (χ0) is 17.8. The minimum absolute atomic E-state index is 0.0256. The van der Waals surface area contributed by atoms with Crippen LogP contribution in [-0.2, 0) is 14.8 Å². The Balaban J connectivity index is 2.32. The highest BCUT2D eigenvalue weighted by Crippen LogP contribution is 2.33. The van der Waals surface area contributed by atoms with Crippen molar-refractivity contribution in [1.29, 1.82) is 0 Å². The molecule has 3 N–H and O–H groups in total. The summed E-state index contributed by atoms with van der Waals surface area (Å²) in [6.07, 6.45) is 3.10. The Morgan fingerprint density at radius 3 is 2.62 bits per heavy atom. The van der Waals surface area contributed by atoms with E-state index < -0.39 is 15.6 Å². The fourth-order valence-corrected chi connectivity index (χ4v) is 4.88. The van der Waals surface area contributed by atoms with Crippen molar-refractivity contribution in [2.24, 2.45) is 5.73 Å². The second-order valence-corrected chi connectivity index (χ2v) is 8.36. The van der Waals surface area contributed by atoms with Crippen LogP contribution in [0, 0.1) is 0 Å². The van der Waals surface area contributed by atoms with Gasteiger partial charge in [-0.3, -0.25) is 0 Å². The summed E-state index contributed by atoms with van der Waals surface area (Å²) in [5.41, 5.74) is 5.25. The van der Waals surface area contributed by atoms with E-state index in [1.54, 1.807) is 26.2 Å². The molecule has 0 bridgehead atoms. The van der Waals surface area contributed by atoms with Crippen LogP contribution >= 0.6 is 11.6 Å². The number of sulfonamides is 1. The summed E-state index contributed by atoms with van der Waals surface area (Å²) in [7, 11) is -2.25. The van der Waals surface area contributed by atoms with Crippen LogP contribution < -0.4 is 15.2 Å². The Kier molecular flexibility index (Phi) is 6.50. The summed E-state index contributed by atoms with van der Waals surface area (Å²) >= 11 is 6.01. The van der Waals surface area contributed by atoms with E-state index in [-0.39, 0.29) is 23.3 Å². The standard InChI is InChI=1S/C16H25ClN2O4S/c1-12(10-22-2)23-14-6-5-13(17)9-15(14)24(20,21)19-16(11-18)7-3-4-8-16/h5-6,9,12,19H,3-4,7-8,10-11,18H2,1-2H3. The number of rotatable bonds is 8. The van der Waals surface area contributed by atoms with Crippen molar-refractivity contribution in [2.45, 2.75) is 49.1 Å². The van der Waals surface area contributed by atoms with Crippen LogP contribution in [0.5, 0.6) is 5.75 Å². The van der Waals surface area contributed by atoms with Crippen molar-refractivity contribution in [3.63, 3.8) is 0 Å². The van der Waals surface area contributed by atoms with Gasteiger partial charge in [0.25, 0.3) is 0 Å². The van der Waals surface area contributed by atoms with Crippen molar-refractivity contribution >= 4 is 21.6 Å². The van der Waals surface area contributed by atoms with Crippen LogP contribution in [0.2, 0.25) is 5.02 Å². The van der Waals surface area contributed by atoms with Gasteiger partial charge in [0.15, 0.2) is 0 Å². The Labute approximate surface area is 148 Å². The van der Waals surface area contributed by atoms with E-state index in [0.29, 0.717) is 11.6 Å². The van der Waals surface area contributed by atoms with Crippen LogP contribution in [0.1, 0.15) is 32.6 Å². The van der Waals surface area contributed by atoms with Gasteiger partial charge in [-0.15, -0.1) is 0 Å².